The molecule has 1 aliphatic rings. The maximum Gasteiger partial charge on any atom is 0.192 e. The lowest BCUT2D eigenvalue weighted by molar-refractivity contribution is -0.219. The SMILES string of the molecule is COC1CC(C)(OC)C(=O)C(C)O1. The van der Waals surface area contributed by atoms with Crippen LogP contribution in [0.5, 0.6) is 0 Å². The van der Waals surface area contributed by atoms with E-state index in [0.29, 0.717) is 6.42 Å². The Hall–Kier alpha value is -0.450. The molecule has 0 N–H and O–H groups in total. The molecule has 1 heterocycles. The van der Waals surface area contributed by atoms with Crippen molar-refractivity contribution in [2.45, 2.75) is 38.3 Å². The van der Waals surface area contributed by atoms with Crippen LogP contribution in [0.25, 0.3) is 0 Å². The van der Waals surface area contributed by atoms with Gasteiger partial charge in [-0.05, 0) is 13.8 Å². The number of ether oxygens (including phenoxy) is 3. The lowest BCUT2D eigenvalue weighted by Gasteiger charge is -2.38. The molecular weight excluding hydrogens is 172 g/mol. The summed E-state index contributed by atoms with van der Waals surface area (Å²) in [5, 5.41) is 0. The molecule has 1 fully saturated rings. The highest BCUT2D eigenvalue weighted by atomic mass is 16.7. The van der Waals surface area contributed by atoms with E-state index in [2.05, 4.69) is 0 Å². The van der Waals surface area contributed by atoms with E-state index in [1.807, 2.05) is 0 Å². The number of carbonyl (C=O) groups excluding carboxylic acids is 1. The number of hydrogen-bond acceptors (Lipinski definition) is 4. The normalized spacial score (nSPS) is 40.8. The molecular formula is C9H16O4. The predicted octanol–water partition coefficient (Wildman–Crippen LogP) is 0.742. The minimum absolute atomic E-state index is 0.0247. The Labute approximate surface area is 78.2 Å². The second-order valence-electron chi connectivity index (χ2n) is 3.45. The van der Waals surface area contributed by atoms with E-state index in [4.69, 9.17) is 14.2 Å². The van der Waals surface area contributed by atoms with Gasteiger partial charge in [0.1, 0.15) is 11.7 Å². The highest BCUT2D eigenvalue weighted by molar-refractivity contribution is 5.91. The van der Waals surface area contributed by atoms with Gasteiger partial charge in [-0.2, -0.15) is 0 Å². The van der Waals surface area contributed by atoms with E-state index in [1.165, 1.54) is 7.11 Å². The van der Waals surface area contributed by atoms with Gasteiger partial charge in [-0.1, -0.05) is 0 Å². The van der Waals surface area contributed by atoms with Crippen molar-refractivity contribution in [2.75, 3.05) is 14.2 Å². The number of Topliss-reactive ketones (excluding diaryl/α,β-unsaturated/α-hetero) is 1. The molecule has 0 aromatic heterocycles. The topological polar surface area (TPSA) is 44.8 Å². The maximum absolute atomic E-state index is 11.6. The summed E-state index contributed by atoms with van der Waals surface area (Å²) < 4.78 is 15.5. The quantitative estimate of drug-likeness (QED) is 0.641. The summed E-state index contributed by atoms with van der Waals surface area (Å²) in [6.07, 6.45) is -0.357. The van der Waals surface area contributed by atoms with Crippen LogP contribution in [0.3, 0.4) is 0 Å². The van der Waals surface area contributed by atoms with Gasteiger partial charge in [0.2, 0.25) is 0 Å². The third-order valence-electron chi connectivity index (χ3n) is 2.52. The first kappa shape index (κ1) is 10.6. The van der Waals surface area contributed by atoms with Crippen molar-refractivity contribution in [1.82, 2.24) is 0 Å². The lowest BCUT2D eigenvalue weighted by atomic mass is 9.90. The molecule has 0 amide bonds. The van der Waals surface area contributed by atoms with Crippen LogP contribution in [0.15, 0.2) is 0 Å². The minimum atomic E-state index is -0.766. The summed E-state index contributed by atoms with van der Waals surface area (Å²) in [5.41, 5.74) is -0.766. The Morgan fingerprint density at radius 1 is 1.54 bits per heavy atom. The fourth-order valence-electron chi connectivity index (χ4n) is 1.51. The molecule has 0 aromatic rings. The number of methoxy groups -OCH3 is 2. The Kier molecular flexibility index (Phi) is 3.05. The molecule has 3 atom stereocenters. The highest BCUT2D eigenvalue weighted by Crippen LogP contribution is 2.28. The molecule has 0 bridgehead atoms. The van der Waals surface area contributed by atoms with Gasteiger partial charge >= 0.3 is 0 Å². The van der Waals surface area contributed by atoms with E-state index in [-0.39, 0.29) is 12.1 Å². The molecule has 0 aliphatic carbocycles. The van der Waals surface area contributed by atoms with E-state index in [1.54, 1.807) is 21.0 Å². The smallest absolute Gasteiger partial charge is 0.192 e. The van der Waals surface area contributed by atoms with Gasteiger partial charge in [0.15, 0.2) is 12.1 Å². The molecule has 0 aromatic carbocycles. The summed E-state index contributed by atoms with van der Waals surface area (Å²) in [7, 11) is 3.09. The third kappa shape index (κ3) is 1.90. The van der Waals surface area contributed by atoms with Crippen LogP contribution in [-0.4, -0.2) is 38.0 Å². The predicted molar refractivity (Wildman–Crippen MR) is 46.4 cm³/mol. The van der Waals surface area contributed by atoms with Crippen LogP contribution in [0.1, 0.15) is 20.3 Å². The molecule has 3 unspecified atom stereocenters. The van der Waals surface area contributed by atoms with Crippen molar-refractivity contribution in [3.63, 3.8) is 0 Å². The zero-order valence-electron chi connectivity index (χ0n) is 8.49. The Morgan fingerprint density at radius 2 is 2.15 bits per heavy atom. The van der Waals surface area contributed by atoms with E-state index < -0.39 is 11.7 Å². The summed E-state index contributed by atoms with van der Waals surface area (Å²) in [6.45, 7) is 3.48. The van der Waals surface area contributed by atoms with Crippen LogP contribution >= 0.6 is 0 Å². The number of rotatable bonds is 2. The monoisotopic (exact) mass is 188 g/mol. The molecule has 4 heteroatoms. The molecule has 1 aliphatic heterocycles. The molecule has 13 heavy (non-hydrogen) atoms. The van der Waals surface area contributed by atoms with Crippen molar-refractivity contribution in [3.05, 3.63) is 0 Å². The van der Waals surface area contributed by atoms with Gasteiger partial charge in [-0.15, -0.1) is 0 Å². The standard InChI is InChI=1S/C9H16O4/c1-6-8(10)9(2,12-4)5-7(11-3)13-6/h6-7H,5H2,1-4H3. The van der Waals surface area contributed by atoms with Crippen molar-refractivity contribution in [3.8, 4) is 0 Å². The largest absolute Gasteiger partial charge is 0.370 e. The van der Waals surface area contributed by atoms with Gasteiger partial charge < -0.3 is 14.2 Å². The highest BCUT2D eigenvalue weighted by Gasteiger charge is 2.44. The third-order valence-corrected chi connectivity index (χ3v) is 2.52. The molecule has 76 valence electrons. The first-order valence-electron chi connectivity index (χ1n) is 4.31. The van der Waals surface area contributed by atoms with Gasteiger partial charge in [0.05, 0.1) is 0 Å². The molecule has 1 rings (SSSR count). The summed E-state index contributed by atoms with van der Waals surface area (Å²) in [4.78, 5) is 11.6. The van der Waals surface area contributed by atoms with Crippen molar-refractivity contribution in [2.24, 2.45) is 0 Å². The van der Waals surface area contributed by atoms with Crippen LogP contribution < -0.4 is 0 Å². The molecule has 0 spiro atoms. The Bertz CT molecular complexity index is 204. The fraction of sp³-hybridized carbons (Fsp3) is 0.889. The zero-order valence-corrected chi connectivity index (χ0v) is 8.49. The Balaban J connectivity index is 2.78. The molecule has 0 radical (unpaired) electrons. The summed E-state index contributed by atoms with van der Waals surface area (Å²) >= 11 is 0. The second kappa shape index (κ2) is 3.74. The van der Waals surface area contributed by atoms with E-state index >= 15 is 0 Å². The summed E-state index contributed by atoms with van der Waals surface area (Å²) in [6, 6.07) is 0. The summed E-state index contributed by atoms with van der Waals surface area (Å²) in [5.74, 6) is -0.0247. The average Bonchev–Trinajstić information content (AvgIpc) is 2.13. The van der Waals surface area contributed by atoms with Crippen LogP contribution in [0.2, 0.25) is 0 Å². The van der Waals surface area contributed by atoms with Crippen molar-refractivity contribution < 1.29 is 19.0 Å². The van der Waals surface area contributed by atoms with E-state index in [0.717, 1.165) is 0 Å². The van der Waals surface area contributed by atoms with Crippen LogP contribution in [-0.2, 0) is 19.0 Å². The van der Waals surface area contributed by atoms with Crippen molar-refractivity contribution in [1.29, 1.82) is 0 Å². The number of carbonyl (C=O) groups is 1. The molecule has 0 saturated carbocycles. The number of ketones is 1. The molecule has 1 saturated heterocycles. The fourth-order valence-corrected chi connectivity index (χ4v) is 1.51. The zero-order chi connectivity index (χ0) is 10.1. The maximum atomic E-state index is 11.6. The van der Waals surface area contributed by atoms with Gasteiger partial charge in [-0.3, -0.25) is 4.79 Å². The Morgan fingerprint density at radius 3 is 2.62 bits per heavy atom. The van der Waals surface area contributed by atoms with Gasteiger partial charge in [0, 0.05) is 20.6 Å². The van der Waals surface area contributed by atoms with Gasteiger partial charge in [-0.25, -0.2) is 0 Å². The lowest BCUT2D eigenvalue weighted by Crippen LogP contribution is -2.52. The minimum Gasteiger partial charge on any atom is -0.370 e. The first-order chi connectivity index (χ1) is 6.03. The molecule has 4 nitrogen and oxygen atoms in total. The number of hydrogen-bond donors (Lipinski definition) is 0. The van der Waals surface area contributed by atoms with Crippen molar-refractivity contribution >= 4 is 5.78 Å². The van der Waals surface area contributed by atoms with E-state index in [9.17, 15) is 4.79 Å². The first-order valence-corrected chi connectivity index (χ1v) is 4.31. The second-order valence-corrected chi connectivity index (χ2v) is 3.45. The van der Waals surface area contributed by atoms with Crippen LogP contribution in [0.4, 0.5) is 0 Å². The van der Waals surface area contributed by atoms with Gasteiger partial charge in [0.25, 0.3) is 0 Å². The average molecular weight is 188 g/mol. The van der Waals surface area contributed by atoms with Crippen LogP contribution in [0, 0.1) is 0 Å².